The zero-order valence-electron chi connectivity index (χ0n) is 16.8. The van der Waals surface area contributed by atoms with E-state index in [1.54, 1.807) is 44.6 Å². The van der Waals surface area contributed by atoms with Gasteiger partial charge < -0.3 is 24.3 Å². The third-order valence-corrected chi connectivity index (χ3v) is 4.64. The number of carbonyl (C=O) groups is 1. The van der Waals surface area contributed by atoms with Crippen molar-refractivity contribution in [3.8, 4) is 40.3 Å². The quantitative estimate of drug-likeness (QED) is 0.465. The zero-order valence-corrected chi connectivity index (χ0v) is 16.8. The number of methoxy groups -OCH3 is 2. The highest BCUT2D eigenvalue weighted by atomic mass is 16.7. The van der Waals surface area contributed by atoms with E-state index in [1.165, 1.54) is 12.3 Å². The van der Waals surface area contributed by atoms with Gasteiger partial charge in [-0.05, 0) is 36.4 Å². The molecule has 0 saturated carbocycles. The number of rotatable bonds is 6. The van der Waals surface area contributed by atoms with E-state index < -0.39 is 5.91 Å². The Morgan fingerprint density at radius 1 is 1.16 bits per heavy atom. The van der Waals surface area contributed by atoms with Crippen molar-refractivity contribution >= 4 is 17.7 Å². The van der Waals surface area contributed by atoms with Crippen LogP contribution in [0.5, 0.6) is 23.0 Å². The summed E-state index contributed by atoms with van der Waals surface area (Å²) in [6.07, 6.45) is 3.01. The summed E-state index contributed by atoms with van der Waals surface area (Å²) in [4.78, 5) is 12.7. The normalized spacial score (nSPS) is 12.2. The first-order valence-electron chi connectivity index (χ1n) is 9.21. The first kappa shape index (κ1) is 19.8. The van der Waals surface area contributed by atoms with Crippen LogP contribution in [0.15, 0.2) is 48.2 Å². The molecule has 1 amide bonds. The second kappa shape index (κ2) is 8.51. The standard InChI is InChI=1S/C22H18N4O5/c1-28-17-5-3-13(8-19(17)29-2)21-15(11-24-26-21)7-14(10-23)22(27)25-16-4-6-18-20(9-16)31-12-30-18/h3-9,11H,12H2,1-2H3,(H,24,26)(H,25,27). The molecule has 0 aliphatic carbocycles. The number of amides is 1. The van der Waals surface area contributed by atoms with Crippen LogP contribution in [-0.2, 0) is 4.79 Å². The monoisotopic (exact) mass is 418 g/mol. The molecule has 0 spiro atoms. The van der Waals surface area contributed by atoms with Gasteiger partial charge in [-0.25, -0.2) is 0 Å². The van der Waals surface area contributed by atoms with Gasteiger partial charge >= 0.3 is 0 Å². The van der Waals surface area contributed by atoms with Crippen LogP contribution in [0, 0.1) is 11.3 Å². The van der Waals surface area contributed by atoms with Gasteiger partial charge in [0.15, 0.2) is 23.0 Å². The second-order valence-electron chi connectivity index (χ2n) is 6.46. The average Bonchev–Trinajstić information content (AvgIpc) is 3.45. The molecule has 156 valence electrons. The molecule has 0 radical (unpaired) electrons. The molecule has 2 N–H and O–H groups in total. The molecular weight excluding hydrogens is 400 g/mol. The number of ether oxygens (including phenoxy) is 4. The summed E-state index contributed by atoms with van der Waals surface area (Å²) in [5.41, 5.74) is 2.37. The predicted molar refractivity (Wildman–Crippen MR) is 112 cm³/mol. The van der Waals surface area contributed by atoms with Gasteiger partial charge in [-0.3, -0.25) is 9.89 Å². The van der Waals surface area contributed by atoms with Crippen LogP contribution < -0.4 is 24.3 Å². The molecule has 3 aromatic rings. The maximum absolute atomic E-state index is 12.7. The molecule has 9 nitrogen and oxygen atoms in total. The maximum atomic E-state index is 12.7. The SMILES string of the molecule is COc1ccc(-c2[nH]ncc2C=C(C#N)C(=O)Nc2ccc3c(c2)OCO3)cc1OC. The molecule has 4 rings (SSSR count). The minimum atomic E-state index is -0.555. The highest BCUT2D eigenvalue weighted by molar-refractivity contribution is 6.10. The largest absolute Gasteiger partial charge is 0.493 e. The number of aromatic nitrogens is 2. The average molecular weight is 418 g/mol. The van der Waals surface area contributed by atoms with E-state index in [9.17, 15) is 10.1 Å². The van der Waals surface area contributed by atoms with Gasteiger partial charge in [-0.2, -0.15) is 10.4 Å². The van der Waals surface area contributed by atoms with Gasteiger partial charge in [0.1, 0.15) is 11.6 Å². The molecule has 31 heavy (non-hydrogen) atoms. The van der Waals surface area contributed by atoms with Crippen molar-refractivity contribution in [2.75, 3.05) is 26.3 Å². The van der Waals surface area contributed by atoms with E-state index >= 15 is 0 Å². The van der Waals surface area contributed by atoms with Gasteiger partial charge in [0, 0.05) is 22.9 Å². The number of anilines is 1. The topological polar surface area (TPSA) is 118 Å². The second-order valence-corrected chi connectivity index (χ2v) is 6.46. The smallest absolute Gasteiger partial charge is 0.266 e. The molecule has 1 aliphatic heterocycles. The molecule has 1 aromatic heterocycles. The van der Waals surface area contributed by atoms with Crippen LogP contribution >= 0.6 is 0 Å². The van der Waals surface area contributed by atoms with Crippen LogP contribution in [0.1, 0.15) is 5.56 Å². The summed E-state index contributed by atoms with van der Waals surface area (Å²) in [7, 11) is 3.10. The van der Waals surface area contributed by atoms with Crippen molar-refractivity contribution in [1.29, 1.82) is 5.26 Å². The number of fused-ring (bicyclic) bond motifs is 1. The van der Waals surface area contributed by atoms with Crippen LogP contribution in [0.4, 0.5) is 5.69 Å². The number of hydrogen-bond donors (Lipinski definition) is 2. The number of nitrogens with one attached hydrogen (secondary N) is 2. The Hall–Kier alpha value is -4.45. The summed E-state index contributed by atoms with van der Waals surface area (Å²) in [5, 5.41) is 19.2. The molecule has 0 fully saturated rings. The molecule has 9 heteroatoms. The third kappa shape index (κ3) is 4.00. The predicted octanol–water partition coefficient (Wildman–Crippen LogP) is 3.37. The molecule has 0 saturated heterocycles. The lowest BCUT2D eigenvalue weighted by atomic mass is 10.1. The summed E-state index contributed by atoms with van der Waals surface area (Å²) in [6, 6.07) is 12.3. The van der Waals surface area contributed by atoms with E-state index in [2.05, 4.69) is 15.5 Å². The fourth-order valence-electron chi connectivity index (χ4n) is 3.10. The first-order valence-corrected chi connectivity index (χ1v) is 9.21. The molecule has 0 atom stereocenters. The number of nitrogens with zero attached hydrogens (tertiary/aromatic N) is 2. The number of H-pyrrole nitrogens is 1. The summed E-state index contributed by atoms with van der Waals surface area (Å²) in [5.74, 6) is 1.72. The Bertz CT molecular complexity index is 1210. The third-order valence-electron chi connectivity index (χ3n) is 4.64. The number of aromatic amines is 1. The number of carbonyl (C=O) groups excluding carboxylic acids is 1. The van der Waals surface area contributed by atoms with Crippen molar-refractivity contribution in [2.45, 2.75) is 0 Å². The van der Waals surface area contributed by atoms with Gasteiger partial charge in [-0.15, -0.1) is 0 Å². The number of nitriles is 1. The highest BCUT2D eigenvalue weighted by Gasteiger charge is 2.17. The summed E-state index contributed by atoms with van der Waals surface area (Å²) >= 11 is 0. The van der Waals surface area contributed by atoms with E-state index in [1.807, 2.05) is 12.1 Å². The zero-order chi connectivity index (χ0) is 21.8. The van der Waals surface area contributed by atoms with Crippen molar-refractivity contribution in [2.24, 2.45) is 0 Å². The van der Waals surface area contributed by atoms with E-state index in [4.69, 9.17) is 18.9 Å². The first-order chi connectivity index (χ1) is 15.1. The Morgan fingerprint density at radius 2 is 1.97 bits per heavy atom. The van der Waals surface area contributed by atoms with Crippen LogP contribution in [0.2, 0.25) is 0 Å². The van der Waals surface area contributed by atoms with Crippen LogP contribution in [-0.4, -0.2) is 37.1 Å². The van der Waals surface area contributed by atoms with E-state index in [-0.39, 0.29) is 12.4 Å². The molecule has 2 aromatic carbocycles. The number of hydrogen-bond acceptors (Lipinski definition) is 7. The molecule has 0 bridgehead atoms. The minimum absolute atomic E-state index is 0.0826. The van der Waals surface area contributed by atoms with Gasteiger partial charge in [0.05, 0.1) is 26.1 Å². The van der Waals surface area contributed by atoms with Gasteiger partial charge in [0.2, 0.25) is 6.79 Å². The minimum Gasteiger partial charge on any atom is -0.493 e. The van der Waals surface area contributed by atoms with Crippen LogP contribution in [0.25, 0.3) is 17.3 Å². The molecule has 1 aliphatic rings. The van der Waals surface area contributed by atoms with E-state index in [0.29, 0.717) is 39.9 Å². The van der Waals surface area contributed by atoms with Crippen LogP contribution in [0.3, 0.4) is 0 Å². The maximum Gasteiger partial charge on any atom is 0.266 e. The van der Waals surface area contributed by atoms with Crippen molar-refractivity contribution in [1.82, 2.24) is 10.2 Å². The lowest BCUT2D eigenvalue weighted by Crippen LogP contribution is -2.13. The van der Waals surface area contributed by atoms with Gasteiger partial charge in [-0.1, -0.05) is 0 Å². The van der Waals surface area contributed by atoms with Crippen molar-refractivity contribution in [3.63, 3.8) is 0 Å². The molecular formula is C22H18N4O5. The summed E-state index contributed by atoms with van der Waals surface area (Å²) < 4.78 is 21.2. The van der Waals surface area contributed by atoms with Gasteiger partial charge in [0.25, 0.3) is 5.91 Å². The lowest BCUT2D eigenvalue weighted by molar-refractivity contribution is -0.112. The fourth-order valence-corrected chi connectivity index (χ4v) is 3.10. The van der Waals surface area contributed by atoms with E-state index in [0.717, 1.165) is 5.56 Å². The Balaban J connectivity index is 1.60. The number of benzene rings is 2. The summed E-state index contributed by atoms with van der Waals surface area (Å²) in [6.45, 7) is 0.134. The fraction of sp³-hybridized carbons (Fsp3) is 0.136. The Kier molecular flexibility index (Phi) is 5.45. The lowest BCUT2D eigenvalue weighted by Gasteiger charge is -2.09. The highest BCUT2D eigenvalue weighted by Crippen LogP contribution is 2.35. The Labute approximate surface area is 177 Å². The van der Waals surface area contributed by atoms with Crippen molar-refractivity contribution < 1.29 is 23.7 Å². The Morgan fingerprint density at radius 3 is 2.74 bits per heavy atom. The van der Waals surface area contributed by atoms with Crippen molar-refractivity contribution in [3.05, 3.63) is 53.7 Å². The molecule has 2 heterocycles. The molecule has 0 unspecified atom stereocenters.